The highest BCUT2D eigenvalue weighted by molar-refractivity contribution is 5.90. The molecule has 5 aromatic rings. The standard InChI is InChI=1S/C51H58N8O9/c1-26(2)40(55-49(63)65-5)47(61)58-21-9-10-37(58)44-52-25-36(54-44)29-13-11-28(12-14-29)32-16-17-33(43-42(32)67-51(68-43)19-7-8-20-51)30-15-18-35-34(22-30)46(60)57-45(53-35)39-24-31-23-38(31)59(39)48(62)41(27(3)4)56-50(64)66-6/h11-18,22,25-27,31,37-41H,7-10,19-21,23-24H2,1-6H3,(H,52,54)(H,55,63)(H,56,64)(H,53,57,60)/t31?,37-,38?,39?,40?,41?/m0/s1. The summed E-state index contributed by atoms with van der Waals surface area (Å²) in [5, 5.41) is 5.82. The molecular weight excluding hydrogens is 869 g/mol. The number of rotatable bonds is 11. The second-order valence-electron chi connectivity index (χ2n) is 19.5. The van der Waals surface area contributed by atoms with Crippen LogP contribution in [0.3, 0.4) is 0 Å². The van der Waals surface area contributed by atoms with Crippen LogP contribution in [0, 0.1) is 17.8 Å². The smallest absolute Gasteiger partial charge is 0.407 e. The zero-order valence-corrected chi connectivity index (χ0v) is 39.2. The average Bonchev–Trinajstić information content (AvgIpc) is 3.99. The highest BCUT2D eigenvalue weighted by atomic mass is 16.7. The molecule has 0 radical (unpaired) electrons. The molecule has 4 N–H and O–H groups in total. The van der Waals surface area contributed by atoms with Gasteiger partial charge in [-0.3, -0.25) is 14.4 Å². The number of imidazole rings is 1. The van der Waals surface area contributed by atoms with Crippen LogP contribution in [0.1, 0.15) is 103 Å². The summed E-state index contributed by atoms with van der Waals surface area (Å²) in [5.74, 6) is 1.26. The molecule has 17 heteroatoms. The first-order chi connectivity index (χ1) is 32.8. The van der Waals surface area contributed by atoms with E-state index in [9.17, 15) is 24.0 Å². The molecule has 356 valence electrons. The van der Waals surface area contributed by atoms with Crippen LogP contribution in [-0.2, 0) is 19.1 Å². The number of amides is 4. The molecule has 4 amide bonds. The Morgan fingerprint density at radius 1 is 0.750 bits per heavy atom. The fraction of sp³-hybridized carbons (Fsp3) is 0.471. The number of hydrogen-bond acceptors (Lipinski definition) is 11. The van der Waals surface area contributed by atoms with E-state index in [0.717, 1.165) is 78.5 Å². The number of likely N-dealkylation sites (tertiary alicyclic amines) is 2. The van der Waals surface area contributed by atoms with Gasteiger partial charge >= 0.3 is 12.2 Å². The number of carbonyl (C=O) groups excluding carboxylic acids is 4. The van der Waals surface area contributed by atoms with E-state index in [1.807, 2.05) is 82.3 Å². The van der Waals surface area contributed by atoms with Gasteiger partial charge in [-0.05, 0) is 97.2 Å². The molecule has 4 fully saturated rings. The van der Waals surface area contributed by atoms with Crippen molar-refractivity contribution in [3.05, 3.63) is 82.8 Å². The number of aromatic nitrogens is 4. The van der Waals surface area contributed by atoms with Crippen LogP contribution in [-0.4, -0.2) is 98.4 Å². The van der Waals surface area contributed by atoms with Crippen molar-refractivity contribution in [3.63, 3.8) is 0 Å². The number of ether oxygens (including phenoxy) is 4. The third-order valence-corrected chi connectivity index (χ3v) is 14.5. The van der Waals surface area contributed by atoms with Gasteiger partial charge in [0, 0.05) is 36.6 Å². The van der Waals surface area contributed by atoms with Crippen molar-refractivity contribution < 1.29 is 38.1 Å². The maximum atomic E-state index is 14.0. The first-order valence-electron chi connectivity index (χ1n) is 23.8. The van der Waals surface area contributed by atoms with Crippen LogP contribution in [0.4, 0.5) is 9.59 Å². The highest BCUT2D eigenvalue weighted by Crippen LogP contribution is 2.56. The van der Waals surface area contributed by atoms with Gasteiger partial charge in [0.05, 0.1) is 49.1 Å². The van der Waals surface area contributed by atoms with Gasteiger partial charge in [0.2, 0.25) is 11.8 Å². The van der Waals surface area contributed by atoms with E-state index in [1.54, 1.807) is 16.0 Å². The molecule has 0 bridgehead atoms. The van der Waals surface area contributed by atoms with E-state index < -0.39 is 36.1 Å². The van der Waals surface area contributed by atoms with Crippen molar-refractivity contribution in [1.29, 1.82) is 0 Å². The van der Waals surface area contributed by atoms with E-state index in [1.165, 1.54) is 14.2 Å². The van der Waals surface area contributed by atoms with Gasteiger partial charge in [-0.15, -0.1) is 0 Å². The molecule has 2 aliphatic carbocycles. The molecule has 2 saturated heterocycles. The lowest BCUT2D eigenvalue weighted by Crippen LogP contribution is -2.52. The lowest BCUT2D eigenvalue weighted by Gasteiger charge is -2.32. The third kappa shape index (κ3) is 8.08. The van der Waals surface area contributed by atoms with Gasteiger partial charge in [-0.1, -0.05) is 58.0 Å². The number of nitrogens with zero attached hydrogens (tertiary/aromatic N) is 4. The number of alkyl carbamates (subject to hydrolysis) is 2. The average molecular weight is 927 g/mol. The second-order valence-corrected chi connectivity index (χ2v) is 19.5. The van der Waals surface area contributed by atoms with Gasteiger partial charge in [0.1, 0.15) is 23.7 Å². The topological polar surface area (TPSA) is 210 Å². The molecule has 3 aliphatic heterocycles. The zero-order valence-electron chi connectivity index (χ0n) is 39.2. The molecule has 2 saturated carbocycles. The number of nitrogens with one attached hydrogen (secondary N) is 4. The molecule has 5 heterocycles. The molecule has 17 nitrogen and oxygen atoms in total. The van der Waals surface area contributed by atoms with Crippen molar-refractivity contribution in [2.75, 3.05) is 20.8 Å². The molecule has 6 atom stereocenters. The molecule has 1 spiro atoms. The lowest BCUT2D eigenvalue weighted by molar-refractivity contribution is -0.137. The Bertz CT molecular complexity index is 2850. The third-order valence-electron chi connectivity index (χ3n) is 14.5. The quantitative estimate of drug-likeness (QED) is 0.101. The Morgan fingerprint density at radius 2 is 1.37 bits per heavy atom. The van der Waals surface area contributed by atoms with E-state index in [2.05, 4.69) is 20.6 Å². The minimum absolute atomic E-state index is 0.0334. The maximum Gasteiger partial charge on any atom is 0.407 e. The summed E-state index contributed by atoms with van der Waals surface area (Å²) in [7, 11) is 2.56. The van der Waals surface area contributed by atoms with Crippen LogP contribution in [0.15, 0.2) is 65.6 Å². The first-order valence-corrected chi connectivity index (χ1v) is 23.8. The van der Waals surface area contributed by atoms with Gasteiger partial charge in [0.15, 0.2) is 11.5 Å². The fourth-order valence-corrected chi connectivity index (χ4v) is 10.8. The van der Waals surface area contributed by atoms with E-state index in [-0.39, 0.29) is 41.3 Å². The minimum atomic E-state index is -0.782. The monoisotopic (exact) mass is 926 g/mol. The molecule has 68 heavy (non-hydrogen) atoms. The number of hydrogen-bond donors (Lipinski definition) is 4. The van der Waals surface area contributed by atoms with E-state index >= 15 is 0 Å². The Hall–Kier alpha value is -6.91. The zero-order chi connectivity index (χ0) is 47.6. The predicted molar refractivity (Wildman–Crippen MR) is 251 cm³/mol. The van der Waals surface area contributed by atoms with E-state index in [4.69, 9.17) is 28.9 Å². The highest BCUT2D eigenvalue weighted by Gasteiger charge is 2.56. The van der Waals surface area contributed by atoms with Crippen molar-refractivity contribution in [2.45, 2.75) is 115 Å². The summed E-state index contributed by atoms with van der Waals surface area (Å²) in [6, 6.07) is 15.7. The van der Waals surface area contributed by atoms with Crippen LogP contribution >= 0.6 is 0 Å². The Labute approximate surface area is 393 Å². The lowest BCUT2D eigenvalue weighted by atomic mass is 9.96. The first kappa shape index (κ1) is 44.9. The van der Waals surface area contributed by atoms with Crippen molar-refractivity contribution >= 4 is 34.9 Å². The van der Waals surface area contributed by atoms with Crippen molar-refractivity contribution in [1.82, 2.24) is 40.4 Å². The number of aromatic amines is 2. The Balaban J connectivity index is 0.910. The minimum Gasteiger partial charge on any atom is -0.453 e. The number of carbonyl (C=O) groups is 4. The van der Waals surface area contributed by atoms with Crippen LogP contribution in [0.25, 0.3) is 44.4 Å². The number of benzene rings is 3. The number of H-pyrrole nitrogens is 2. The molecule has 5 aliphatic rings. The SMILES string of the molecule is COC(=O)NC(C(=O)N1C(c2nc3ccc(-c4ccc(-c5ccc(-c6cnc([C@@H]7CCCN7C(=O)C(NC(=O)OC)C(C)C)[nH]6)cc5)c5c4OC4(CCCC4)O5)cc3c(=O)[nH]2)CC2CC21)C(C)C. The predicted octanol–water partition coefficient (Wildman–Crippen LogP) is 7.78. The van der Waals surface area contributed by atoms with Crippen molar-refractivity contribution in [3.8, 4) is 45.0 Å². The van der Waals surface area contributed by atoms with Crippen LogP contribution in [0.2, 0.25) is 0 Å². The van der Waals surface area contributed by atoms with E-state index in [0.29, 0.717) is 52.9 Å². The fourth-order valence-electron chi connectivity index (χ4n) is 10.8. The Morgan fingerprint density at radius 3 is 2.01 bits per heavy atom. The van der Waals surface area contributed by atoms with Crippen LogP contribution in [0.5, 0.6) is 11.5 Å². The molecule has 3 aromatic carbocycles. The summed E-state index contributed by atoms with van der Waals surface area (Å²) in [5.41, 5.74) is 5.33. The largest absolute Gasteiger partial charge is 0.453 e. The molecule has 10 rings (SSSR count). The summed E-state index contributed by atoms with van der Waals surface area (Å²) in [6.45, 7) is 8.11. The second kappa shape index (κ2) is 17.6. The summed E-state index contributed by atoms with van der Waals surface area (Å²) in [6.07, 6.45) is 7.10. The van der Waals surface area contributed by atoms with Gasteiger partial charge in [-0.2, -0.15) is 0 Å². The molecular formula is C51H58N8O9. The van der Waals surface area contributed by atoms with Crippen LogP contribution < -0.4 is 25.7 Å². The van der Waals surface area contributed by atoms with Gasteiger partial charge in [0.25, 0.3) is 11.3 Å². The van der Waals surface area contributed by atoms with Gasteiger partial charge < -0.3 is 49.3 Å². The number of fused-ring (bicyclic) bond motifs is 3. The molecule has 5 unspecified atom stereocenters. The number of piperidine rings is 1. The molecule has 2 aromatic heterocycles. The van der Waals surface area contributed by atoms with Gasteiger partial charge in [-0.25, -0.2) is 19.6 Å². The summed E-state index contributed by atoms with van der Waals surface area (Å²) in [4.78, 5) is 85.7. The Kier molecular flexibility index (Phi) is 11.6. The summed E-state index contributed by atoms with van der Waals surface area (Å²) < 4.78 is 23.2. The number of methoxy groups -OCH3 is 2. The maximum absolute atomic E-state index is 14.0. The summed E-state index contributed by atoms with van der Waals surface area (Å²) >= 11 is 0. The van der Waals surface area contributed by atoms with Crippen molar-refractivity contribution in [2.24, 2.45) is 17.8 Å². The normalized spacial score (nSPS) is 21.9.